The first-order valence-corrected chi connectivity index (χ1v) is 9.95. The van der Waals surface area contributed by atoms with E-state index in [0.29, 0.717) is 0 Å². The van der Waals surface area contributed by atoms with Crippen molar-refractivity contribution in [3.8, 4) is 0 Å². The highest BCUT2D eigenvalue weighted by molar-refractivity contribution is 5.93. The molecule has 1 amide bonds. The average molecular weight is 382 g/mol. The third-order valence-electron chi connectivity index (χ3n) is 6.50. The number of methoxy groups -OCH3 is 1. The fourth-order valence-electron chi connectivity index (χ4n) is 5.38. The molecule has 2 unspecified atom stereocenters. The normalized spacial score (nSPS) is 27.5. The number of hydrogen-bond acceptors (Lipinski definition) is 3. The van der Waals surface area contributed by atoms with Crippen LogP contribution in [-0.2, 0) is 16.9 Å². The lowest BCUT2D eigenvalue weighted by atomic mass is 9.62. The van der Waals surface area contributed by atoms with Crippen LogP contribution in [0, 0.1) is 17.7 Å². The molecule has 4 nitrogen and oxygen atoms in total. The lowest BCUT2D eigenvalue weighted by Gasteiger charge is -2.55. The molecule has 0 spiro atoms. The van der Waals surface area contributed by atoms with Crippen LogP contribution in [0.5, 0.6) is 0 Å². The second-order valence-corrected chi connectivity index (χ2v) is 8.09. The largest absolute Gasteiger partial charge is 0.373 e. The van der Waals surface area contributed by atoms with Gasteiger partial charge in [0.2, 0.25) is 5.91 Å². The molecule has 28 heavy (non-hydrogen) atoms. The molecule has 2 aromatic rings. The summed E-state index contributed by atoms with van der Waals surface area (Å²) in [4.78, 5) is 14.2. The van der Waals surface area contributed by atoms with Crippen molar-refractivity contribution >= 4 is 5.91 Å². The van der Waals surface area contributed by atoms with Crippen molar-refractivity contribution in [2.24, 2.45) is 17.6 Å². The van der Waals surface area contributed by atoms with Gasteiger partial charge < -0.3 is 10.5 Å². The smallest absolute Gasteiger partial charge is 0.248 e. The van der Waals surface area contributed by atoms with Gasteiger partial charge in [-0.05, 0) is 42.2 Å². The maximum absolute atomic E-state index is 14.3. The molecule has 0 aromatic heterocycles. The van der Waals surface area contributed by atoms with E-state index in [1.165, 1.54) is 17.7 Å². The first-order chi connectivity index (χ1) is 13.5. The minimum absolute atomic E-state index is 0.205. The summed E-state index contributed by atoms with van der Waals surface area (Å²) in [6, 6.07) is 14.9. The number of nitrogens with zero attached hydrogens (tertiary/aromatic N) is 1. The van der Waals surface area contributed by atoms with E-state index in [1.54, 1.807) is 13.2 Å². The number of hydrogen-bond donors (Lipinski definition) is 1. The van der Waals surface area contributed by atoms with Gasteiger partial charge in [-0.25, -0.2) is 4.39 Å². The van der Waals surface area contributed by atoms with Crippen LogP contribution in [0.25, 0.3) is 0 Å². The van der Waals surface area contributed by atoms with Crippen LogP contribution < -0.4 is 5.73 Å². The van der Waals surface area contributed by atoms with Crippen molar-refractivity contribution in [1.29, 1.82) is 0 Å². The first kappa shape index (κ1) is 19.1. The molecule has 2 N–H and O–H groups in total. The van der Waals surface area contributed by atoms with Crippen LogP contribution in [0.3, 0.4) is 0 Å². The number of fused-ring (bicyclic) bond motifs is 2. The lowest BCUT2D eigenvalue weighted by molar-refractivity contribution is -0.170. The van der Waals surface area contributed by atoms with E-state index in [-0.39, 0.29) is 17.4 Å². The first-order valence-electron chi connectivity index (χ1n) is 9.95. The number of ether oxygens (including phenoxy) is 1. The Bertz CT molecular complexity index is 841. The van der Waals surface area contributed by atoms with E-state index >= 15 is 0 Å². The molecule has 0 radical (unpaired) electrons. The van der Waals surface area contributed by atoms with Gasteiger partial charge in [0.15, 0.2) is 0 Å². The van der Waals surface area contributed by atoms with E-state index in [0.717, 1.165) is 44.5 Å². The van der Waals surface area contributed by atoms with Crippen molar-refractivity contribution in [1.82, 2.24) is 4.90 Å². The minimum Gasteiger partial charge on any atom is -0.373 e. The van der Waals surface area contributed by atoms with Crippen LogP contribution >= 0.6 is 0 Å². The van der Waals surface area contributed by atoms with E-state index in [4.69, 9.17) is 10.5 Å². The Balaban J connectivity index is 1.67. The van der Waals surface area contributed by atoms with E-state index in [9.17, 15) is 9.18 Å². The second-order valence-electron chi connectivity index (χ2n) is 8.09. The predicted octanol–water partition coefficient (Wildman–Crippen LogP) is 3.70. The molecule has 2 bridgehead atoms. The standard InChI is InChI=1S/C23H27FN2O2/c1-28-23(20-10-17(22(25)27)11-21(24)12-20)18-8-5-9-19(23)15-26(14-18)13-16-6-3-2-4-7-16/h2-4,6-7,10-12,18-19H,5,8-9,13-15H2,1H3,(H2,25,27). The molecule has 1 aliphatic carbocycles. The van der Waals surface area contributed by atoms with Crippen molar-refractivity contribution in [2.75, 3.05) is 20.2 Å². The van der Waals surface area contributed by atoms with Gasteiger partial charge in [-0.1, -0.05) is 36.8 Å². The molecule has 2 atom stereocenters. The maximum Gasteiger partial charge on any atom is 0.248 e. The third-order valence-corrected chi connectivity index (χ3v) is 6.50. The van der Waals surface area contributed by atoms with Crippen molar-refractivity contribution in [2.45, 2.75) is 31.4 Å². The lowest BCUT2D eigenvalue weighted by Crippen LogP contribution is -2.58. The van der Waals surface area contributed by atoms with E-state index in [1.807, 2.05) is 6.07 Å². The molecular weight excluding hydrogens is 355 g/mol. The van der Waals surface area contributed by atoms with Crippen LogP contribution in [0.2, 0.25) is 0 Å². The van der Waals surface area contributed by atoms with E-state index in [2.05, 4.69) is 29.2 Å². The molecule has 1 saturated carbocycles. The van der Waals surface area contributed by atoms with Gasteiger partial charge >= 0.3 is 0 Å². The van der Waals surface area contributed by atoms with Crippen LogP contribution in [0.1, 0.15) is 40.7 Å². The van der Waals surface area contributed by atoms with Crippen LogP contribution in [0.15, 0.2) is 48.5 Å². The number of rotatable bonds is 5. The Morgan fingerprint density at radius 3 is 2.46 bits per heavy atom. The Morgan fingerprint density at radius 2 is 1.86 bits per heavy atom. The van der Waals surface area contributed by atoms with Gasteiger partial charge in [0.25, 0.3) is 0 Å². The van der Waals surface area contributed by atoms with Gasteiger partial charge in [0.05, 0.1) is 0 Å². The summed E-state index contributed by atoms with van der Waals surface area (Å²) in [7, 11) is 1.72. The summed E-state index contributed by atoms with van der Waals surface area (Å²) in [6.45, 7) is 2.69. The molecule has 2 aliphatic rings. The van der Waals surface area contributed by atoms with Gasteiger partial charge in [0.1, 0.15) is 11.4 Å². The second kappa shape index (κ2) is 7.64. The fourth-order valence-corrected chi connectivity index (χ4v) is 5.38. The summed E-state index contributed by atoms with van der Waals surface area (Å²) in [5.74, 6) is -0.557. The Kier molecular flexibility index (Phi) is 5.21. The summed E-state index contributed by atoms with van der Waals surface area (Å²) >= 11 is 0. The number of piperidine rings is 1. The van der Waals surface area contributed by atoms with E-state index < -0.39 is 17.3 Å². The zero-order chi connectivity index (χ0) is 19.7. The third kappa shape index (κ3) is 3.33. The number of amides is 1. The topological polar surface area (TPSA) is 55.6 Å². The molecule has 1 aliphatic heterocycles. The highest BCUT2D eigenvalue weighted by Gasteiger charge is 2.53. The number of likely N-dealkylation sites (tertiary alicyclic amines) is 1. The Morgan fingerprint density at radius 1 is 1.18 bits per heavy atom. The highest BCUT2D eigenvalue weighted by Crippen LogP contribution is 2.51. The quantitative estimate of drug-likeness (QED) is 0.858. The zero-order valence-corrected chi connectivity index (χ0v) is 16.2. The molecule has 5 heteroatoms. The number of primary amides is 1. The van der Waals surface area contributed by atoms with Gasteiger partial charge in [-0.3, -0.25) is 9.69 Å². The minimum atomic E-state index is -0.612. The molecule has 4 rings (SSSR count). The molecule has 2 aromatic carbocycles. The highest BCUT2D eigenvalue weighted by atomic mass is 19.1. The zero-order valence-electron chi connectivity index (χ0n) is 16.2. The number of halogens is 1. The molecule has 1 heterocycles. The van der Waals surface area contributed by atoms with Crippen molar-refractivity contribution in [3.05, 3.63) is 71.0 Å². The number of carbonyl (C=O) groups is 1. The number of carbonyl (C=O) groups excluding carboxylic acids is 1. The van der Waals surface area contributed by atoms with Crippen molar-refractivity contribution < 1.29 is 13.9 Å². The average Bonchev–Trinajstić information content (AvgIpc) is 2.67. The van der Waals surface area contributed by atoms with Crippen LogP contribution in [0.4, 0.5) is 4.39 Å². The SMILES string of the molecule is COC1(c2cc(F)cc(C(N)=O)c2)C2CCCC1CN(Cc1ccccc1)C2. The predicted molar refractivity (Wildman–Crippen MR) is 106 cm³/mol. The number of nitrogens with two attached hydrogens (primary N) is 1. The van der Waals surface area contributed by atoms with Gasteiger partial charge in [-0.2, -0.15) is 0 Å². The monoisotopic (exact) mass is 382 g/mol. The maximum atomic E-state index is 14.3. The molecule has 2 fully saturated rings. The van der Waals surface area contributed by atoms with Crippen LogP contribution in [-0.4, -0.2) is 31.0 Å². The summed E-state index contributed by atoms with van der Waals surface area (Å²) in [6.07, 6.45) is 3.20. The van der Waals surface area contributed by atoms with Crippen molar-refractivity contribution in [3.63, 3.8) is 0 Å². The van der Waals surface area contributed by atoms with Gasteiger partial charge in [-0.15, -0.1) is 0 Å². The Hall–Kier alpha value is -2.24. The fraction of sp³-hybridized carbons (Fsp3) is 0.435. The molecule has 1 saturated heterocycles. The molecule has 148 valence electrons. The number of benzene rings is 2. The summed E-state index contributed by atoms with van der Waals surface area (Å²) in [5.41, 5.74) is 7.11. The molecular formula is C23H27FN2O2. The van der Waals surface area contributed by atoms with Gasteiger partial charge in [0, 0.05) is 44.1 Å². The Labute approximate surface area is 165 Å². The summed E-state index contributed by atoms with van der Waals surface area (Å²) < 4.78 is 20.5. The summed E-state index contributed by atoms with van der Waals surface area (Å²) in [5, 5.41) is 0.